The van der Waals surface area contributed by atoms with E-state index in [1.54, 1.807) is 60.7 Å². The minimum atomic E-state index is -0.566. The molecule has 12 heteroatoms. The zero-order valence-electron chi connectivity index (χ0n) is 33.7. The molecule has 1 aliphatic carbocycles. The number of aliphatic hydroxyl groups excluding tert-OH is 1. The molecule has 0 radical (unpaired) electrons. The molecule has 0 fully saturated rings. The Balaban J connectivity index is 1.11. The zero-order chi connectivity index (χ0) is 42.9. The van der Waals surface area contributed by atoms with Crippen LogP contribution in [0.25, 0.3) is 23.3 Å². The van der Waals surface area contributed by atoms with Crippen LogP contribution in [0, 0.1) is 0 Å². The largest absolute Gasteiger partial charge is 0.493 e. The molecule has 0 aliphatic heterocycles. The van der Waals surface area contributed by atoms with Gasteiger partial charge in [0.05, 0.1) is 40.1 Å². The Morgan fingerprint density at radius 2 is 1.08 bits per heavy atom. The van der Waals surface area contributed by atoms with Crippen molar-refractivity contribution in [2.24, 2.45) is 0 Å². The van der Waals surface area contributed by atoms with Gasteiger partial charge in [0, 0.05) is 35.8 Å². The number of rotatable bonds is 22. The van der Waals surface area contributed by atoms with Crippen molar-refractivity contribution in [1.29, 1.82) is 0 Å². The summed E-state index contributed by atoms with van der Waals surface area (Å²) >= 11 is 0. The predicted octanol–water partition coefficient (Wildman–Crippen LogP) is 8.33. The molecule has 312 valence electrons. The number of carbonyl (C=O) groups excluding carboxylic acids is 4. The van der Waals surface area contributed by atoms with Gasteiger partial charge in [0.15, 0.2) is 11.5 Å². The van der Waals surface area contributed by atoms with Crippen LogP contribution >= 0.6 is 0 Å². The lowest BCUT2D eigenvalue weighted by atomic mass is 9.99. The summed E-state index contributed by atoms with van der Waals surface area (Å²) < 4.78 is 38.3. The first-order chi connectivity index (χ1) is 29.1. The lowest BCUT2D eigenvalue weighted by Crippen LogP contribution is -2.05. The van der Waals surface area contributed by atoms with Crippen LogP contribution in [0.2, 0.25) is 0 Å². The van der Waals surface area contributed by atoms with E-state index in [4.69, 9.17) is 33.2 Å². The molecule has 1 aliphatic rings. The van der Waals surface area contributed by atoms with Crippen LogP contribution in [0.15, 0.2) is 110 Å². The second-order valence-corrected chi connectivity index (χ2v) is 13.5. The molecule has 12 nitrogen and oxygen atoms in total. The SMILES string of the molecule is C=CC(=O)OCCCCOc1ccc(C=CC(=O)Oc2ccc3c(c2)C(C)c2cc(OC(=O)C=Cc4ccc(OCCCCOC(=O)C=C)c(OC)c4)ccc2-3)cc1CO. The molecule has 0 bridgehead atoms. The number of esters is 4. The molecule has 0 spiro atoms. The van der Waals surface area contributed by atoms with Crippen LogP contribution in [0.4, 0.5) is 0 Å². The van der Waals surface area contributed by atoms with Crippen molar-refractivity contribution >= 4 is 36.0 Å². The summed E-state index contributed by atoms with van der Waals surface area (Å²) in [6.45, 7) is 9.86. The summed E-state index contributed by atoms with van der Waals surface area (Å²) in [6.07, 6.45) is 10.7. The van der Waals surface area contributed by atoms with E-state index in [2.05, 4.69) is 13.2 Å². The minimum Gasteiger partial charge on any atom is -0.493 e. The fourth-order valence-corrected chi connectivity index (χ4v) is 6.32. The van der Waals surface area contributed by atoms with E-state index in [9.17, 15) is 24.3 Å². The van der Waals surface area contributed by atoms with Crippen LogP contribution in [0.5, 0.6) is 28.7 Å². The number of methoxy groups -OCH3 is 1. The predicted molar refractivity (Wildman–Crippen MR) is 226 cm³/mol. The zero-order valence-corrected chi connectivity index (χ0v) is 33.7. The van der Waals surface area contributed by atoms with E-state index in [1.807, 2.05) is 31.2 Å². The molecule has 5 rings (SSSR count). The molecular weight excluding hydrogens is 769 g/mol. The monoisotopic (exact) mass is 816 g/mol. The van der Waals surface area contributed by atoms with Crippen molar-refractivity contribution in [1.82, 2.24) is 0 Å². The van der Waals surface area contributed by atoms with E-state index in [-0.39, 0.29) is 25.7 Å². The Morgan fingerprint density at radius 3 is 1.58 bits per heavy atom. The summed E-state index contributed by atoms with van der Waals surface area (Å²) in [5, 5.41) is 9.89. The van der Waals surface area contributed by atoms with Crippen molar-refractivity contribution in [3.8, 4) is 39.9 Å². The summed E-state index contributed by atoms with van der Waals surface area (Å²) in [5.41, 5.74) is 5.90. The maximum Gasteiger partial charge on any atom is 0.336 e. The fraction of sp³-hybridized carbons (Fsp3) is 0.250. The Hall–Kier alpha value is -6.92. The van der Waals surface area contributed by atoms with E-state index < -0.39 is 23.9 Å². The number of ether oxygens (including phenoxy) is 7. The van der Waals surface area contributed by atoms with E-state index in [0.29, 0.717) is 84.3 Å². The second kappa shape index (κ2) is 22.3. The highest BCUT2D eigenvalue weighted by atomic mass is 16.5. The Bertz CT molecular complexity index is 2090. The van der Waals surface area contributed by atoms with Gasteiger partial charge < -0.3 is 38.3 Å². The van der Waals surface area contributed by atoms with E-state index >= 15 is 0 Å². The van der Waals surface area contributed by atoms with Gasteiger partial charge in [-0.05, 0) is 120 Å². The summed E-state index contributed by atoms with van der Waals surface area (Å²) in [7, 11) is 1.53. The maximum absolute atomic E-state index is 12.8. The second-order valence-electron chi connectivity index (χ2n) is 13.5. The molecule has 4 aromatic rings. The molecule has 1 atom stereocenters. The van der Waals surface area contributed by atoms with E-state index in [0.717, 1.165) is 34.4 Å². The fourth-order valence-electron chi connectivity index (χ4n) is 6.32. The summed E-state index contributed by atoms with van der Waals surface area (Å²) in [4.78, 5) is 47.9. The number of hydrogen-bond donors (Lipinski definition) is 1. The highest BCUT2D eigenvalue weighted by molar-refractivity contribution is 5.90. The van der Waals surface area contributed by atoms with Crippen LogP contribution in [-0.4, -0.2) is 62.5 Å². The van der Waals surface area contributed by atoms with Crippen molar-refractivity contribution in [2.75, 3.05) is 33.5 Å². The summed E-state index contributed by atoms with van der Waals surface area (Å²) in [5.74, 6) is 0.273. The molecule has 60 heavy (non-hydrogen) atoms. The molecule has 0 amide bonds. The molecule has 0 saturated heterocycles. The molecule has 1 unspecified atom stereocenters. The standard InChI is InChI=1S/C48H48O12/c1-5-45(50)57-25-9-7-23-55-42-19-11-33(27-35(42)31-49)13-21-47(52)59-36-15-17-38-39-18-16-37(30-41(39)32(3)40(38)29-36)60-48(53)22-14-34-12-20-43(44(28-34)54-4)56-24-8-10-26-58-46(51)6-2/h5-6,11-22,27-30,32,49H,1-2,7-10,23-26,31H2,3-4H3. The van der Waals surface area contributed by atoms with Gasteiger partial charge in [-0.3, -0.25) is 0 Å². The van der Waals surface area contributed by atoms with E-state index in [1.165, 1.54) is 19.3 Å². The number of unbranched alkanes of at least 4 members (excludes halogenated alkanes) is 2. The van der Waals surface area contributed by atoms with Gasteiger partial charge in [-0.15, -0.1) is 0 Å². The van der Waals surface area contributed by atoms with Gasteiger partial charge in [-0.2, -0.15) is 0 Å². The normalized spacial score (nSPS) is 12.6. The molecule has 1 N–H and O–H groups in total. The third kappa shape index (κ3) is 12.5. The average molecular weight is 817 g/mol. The average Bonchev–Trinajstić information content (AvgIpc) is 3.54. The van der Waals surface area contributed by atoms with Crippen LogP contribution in [0.3, 0.4) is 0 Å². The molecule has 0 heterocycles. The van der Waals surface area contributed by atoms with Gasteiger partial charge in [0.25, 0.3) is 0 Å². The van der Waals surface area contributed by atoms with Crippen molar-refractivity contribution in [3.05, 3.63) is 138 Å². The third-order valence-electron chi connectivity index (χ3n) is 9.39. The first-order valence-electron chi connectivity index (χ1n) is 19.5. The molecule has 0 saturated carbocycles. The van der Waals surface area contributed by atoms with Crippen LogP contribution < -0.4 is 23.7 Å². The van der Waals surface area contributed by atoms with Crippen molar-refractivity contribution in [3.63, 3.8) is 0 Å². The number of hydrogen-bond acceptors (Lipinski definition) is 12. The number of fused-ring (bicyclic) bond motifs is 3. The Labute approximate surface area is 349 Å². The van der Waals surface area contributed by atoms with Gasteiger partial charge >= 0.3 is 23.9 Å². The summed E-state index contributed by atoms with van der Waals surface area (Å²) in [6, 6.07) is 21.5. The third-order valence-corrected chi connectivity index (χ3v) is 9.39. The van der Waals surface area contributed by atoms with Gasteiger partial charge in [-0.25, -0.2) is 19.2 Å². The topological polar surface area (TPSA) is 153 Å². The molecule has 4 aromatic carbocycles. The lowest BCUT2D eigenvalue weighted by molar-refractivity contribution is -0.138. The maximum atomic E-state index is 12.8. The van der Waals surface area contributed by atoms with Crippen LogP contribution in [0.1, 0.15) is 66.3 Å². The van der Waals surface area contributed by atoms with Gasteiger partial charge in [0.1, 0.15) is 17.2 Å². The Kier molecular flexibility index (Phi) is 16.4. The van der Waals surface area contributed by atoms with Gasteiger partial charge in [-0.1, -0.05) is 44.3 Å². The highest BCUT2D eigenvalue weighted by Crippen LogP contribution is 2.47. The molecular formula is C48H48O12. The quantitative estimate of drug-likeness (QED) is 0.0351. The smallest absolute Gasteiger partial charge is 0.336 e. The minimum absolute atomic E-state index is 0.0613. The Morgan fingerprint density at radius 1 is 0.600 bits per heavy atom. The van der Waals surface area contributed by atoms with Gasteiger partial charge in [0.2, 0.25) is 0 Å². The molecule has 0 aromatic heterocycles. The number of benzene rings is 4. The van der Waals surface area contributed by atoms with Crippen molar-refractivity contribution < 1.29 is 57.4 Å². The van der Waals surface area contributed by atoms with Crippen molar-refractivity contribution in [2.45, 2.75) is 45.1 Å². The first kappa shape index (κ1) is 44.2. The first-order valence-corrected chi connectivity index (χ1v) is 19.5. The van der Waals surface area contributed by atoms with Crippen LogP contribution in [-0.2, 0) is 35.3 Å². The number of carbonyl (C=O) groups is 4. The lowest BCUT2D eigenvalue weighted by Gasteiger charge is -2.11. The number of aliphatic hydroxyl groups is 1. The highest BCUT2D eigenvalue weighted by Gasteiger charge is 2.27.